The molecule has 1 aliphatic heterocycles. The number of nitrogens with zero attached hydrogens (tertiary/aromatic N) is 2. The molecule has 4 nitrogen and oxygen atoms in total. The van der Waals surface area contributed by atoms with Gasteiger partial charge in [0.2, 0.25) is 0 Å². The third-order valence-corrected chi connectivity index (χ3v) is 4.70. The largest absolute Gasteiger partial charge is 0.404 e. The van der Waals surface area contributed by atoms with Gasteiger partial charge in [0.05, 0.1) is 5.69 Å². The molecule has 136 valence electrons. The molecule has 0 unspecified atom stereocenters. The second-order valence-electron chi connectivity index (χ2n) is 7.28. The number of aromatic nitrogens is 1. The average molecular weight is 348 g/mol. The SMILES string of the molecule is Cc1ccc(C(C=NCCC(C)C)=CN)c(-c2ccc3c(c2)CNC3)n1. The van der Waals surface area contributed by atoms with Crippen LogP contribution in [0.15, 0.2) is 41.5 Å². The van der Waals surface area contributed by atoms with Gasteiger partial charge in [-0.15, -0.1) is 0 Å². The molecule has 4 heteroatoms. The fourth-order valence-electron chi connectivity index (χ4n) is 3.15. The van der Waals surface area contributed by atoms with E-state index in [0.717, 1.165) is 54.1 Å². The van der Waals surface area contributed by atoms with Crippen molar-refractivity contribution in [1.82, 2.24) is 10.3 Å². The smallest absolute Gasteiger partial charge is 0.0784 e. The van der Waals surface area contributed by atoms with Gasteiger partial charge in [-0.1, -0.05) is 32.0 Å². The third-order valence-electron chi connectivity index (χ3n) is 4.70. The number of fused-ring (bicyclic) bond motifs is 1. The van der Waals surface area contributed by atoms with Gasteiger partial charge >= 0.3 is 0 Å². The number of nitrogens with one attached hydrogen (secondary N) is 1. The Kier molecular flexibility index (Phi) is 5.84. The summed E-state index contributed by atoms with van der Waals surface area (Å²) in [6, 6.07) is 10.7. The highest BCUT2D eigenvalue weighted by Gasteiger charge is 2.15. The molecule has 0 fully saturated rings. The number of rotatable bonds is 6. The average Bonchev–Trinajstić information content (AvgIpc) is 3.10. The van der Waals surface area contributed by atoms with Crippen molar-refractivity contribution in [1.29, 1.82) is 0 Å². The minimum atomic E-state index is 0.647. The monoisotopic (exact) mass is 348 g/mol. The molecule has 0 atom stereocenters. The van der Waals surface area contributed by atoms with Gasteiger partial charge in [-0.05, 0) is 42.5 Å². The van der Waals surface area contributed by atoms with Crippen molar-refractivity contribution < 1.29 is 0 Å². The molecule has 2 aromatic rings. The van der Waals surface area contributed by atoms with Crippen molar-refractivity contribution in [2.24, 2.45) is 16.6 Å². The van der Waals surface area contributed by atoms with E-state index < -0.39 is 0 Å². The third kappa shape index (κ3) is 4.20. The topological polar surface area (TPSA) is 63.3 Å². The first-order chi connectivity index (χ1) is 12.6. The normalized spacial score (nSPS) is 14.4. The summed E-state index contributed by atoms with van der Waals surface area (Å²) in [6.45, 7) is 9.11. The predicted octanol–water partition coefficient (Wildman–Crippen LogP) is 4.08. The van der Waals surface area contributed by atoms with E-state index in [1.807, 2.05) is 19.2 Å². The molecule has 0 saturated carbocycles. The van der Waals surface area contributed by atoms with E-state index in [9.17, 15) is 0 Å². The maximum atomic E-state index is 5.93. The number of allylic oxidation sites excluding steroid dienone is 1. The van der Waals surface area contributed by atoms with Crippen LogP contribution in [0.2, 0.25) is 0 Å². The maximum Gasteiger partial charge on any atom is 0.0784 e. The summed E-state index contributed by atoms with van der Waals surface area (Å²) < 4.78 is 0. The molecule has 0 radical (unpaired) electrons. The van der Waals surface area contributed by atoms with Crippen LogP contribution in [0.4, 0.5) is 0 Å². The van der Waals surface area contributed by atoms with E-state index in [0.29, 0.717) is 5.92 Å². The molecule has 0 spiro atoms. The molecule has 26 heavy (non-hydrogen) atoms. The fourth-order valence-corrected chi connectivity index (χ4v) is 3.15. The number of aryl methyl sites for hydroxylation is 1. The molecule has 1 aliphatic rings. The summed E-state index contributed by atoms with van der Waals surface area (Å²) in [7, 11) is 0. The van der Waals surface area contributed by atoms with Crippen LogP contribution in [-0.2, 0) is 13.1 Å². The van der Waals surface area contributed by atoms with Crippen LogP contribution in [0.1, 0.15) is 42.7 Å². The van der Waals surface area contributed by atoms with Crippen molar-refractivity contribution in [2.75, 3.05) is 6.54 Å². The molecule has 0 bridgehead atoms. The van der Waals surface area contributed by atoms with Crippen LogP contribution in [0.25, 0.3) is 16.8 Å². The molecule has 3 N–H and O–H groups in total. The molecular weight excluding hydrogens is 320 g/mol. The molecule has 2 heterocycles. The second-order valence-corrected chi connectivity index (χ2v) is 7.28. The lowest BCUT2D eigenvalue weighted by atomic mass is 9.97. The summed E-state index contributed by atoms with van der Waals surface area (Å²) in [5.41, 5.74) is 13.7. The maximum absolute atomic E-state index is 5.93. The number of pyridine rings is 1. The van der Waals surface area contributed by atoms with Gasteiger partial charge in [-0.2, -0.15) is 0 Å². The highest BCUT2D eigenvalue weighted by molar-refractivity contribution is 6.11. The van der Waals surface area contributed by atoms with Gasteiger partial charge in [0.25, 0.3) is 0 Å². The number of nitrogens with two attached hydrogens (primary N) is 1. The Bertz CT molecular complexity index is 834. The van der Waals surface area contributed by atoms with Crippen molar-refractivity contribution in [3.05, 3.63) is 58.9 Å². The van der Waals surface area contributed by atoms with Crippen molar-refractivity contribution in [3.8, 4) is 11.3 Å². The van der Waals surface area contributed by atoms with E-state index >= 15 is 0 Å². The number of hydrogen-bond acceptors (Lipinski definition) is 4. The zero-order valence-electron chi connectivity index (χ0n) is 15.9. The number of hydrogen-bond donors (Lipinski definition) is 2. The Morgan fingerprint density at radius 3 is 2.81 bits per heavy atom. The highest BCUT2D eigenvalue weighted by atomic mass is 14.9. The van der Waals surface area contributed by atoms with Gasteiger partial charge in [-0.3, -0.25) is 9.98 Å². The van der Waals surface area contributed by atoms with Crippen LogP contribution in [0, 0.1) is 12.8 Å². The first-order valence-electron chi connectivity index (χ1n) is 9.31. The molecule has 1 aromatic carbocycles. The van der Waals surface area contributed by atoms with Crippen molar-refractivity contribution in [3.63, 3.8) is 0 Å². The van der Waals surface area contributed by atoms with Crippen LogP contribution < -0.4 is 11.1 Å². The molecule has 0 aliphatic carbocycles. The first-order valence-corrected chi connectivity index (χ1v) is 9.31. The van der Waals surface area contributed by atoms with Crippen LogP contribution >= 0.6 is 0 Å². The highest BCUT2D eigenvalue weighted by Crippen LogP contribution is 2.29. The minimum Gasteiger partial charge on any atom is -0.404 e. The lowest BCUT2D eigenvalue weighted by molar-refractivity contribution is 0.598. The number of benzene rings is 1. The zero-order valence-corrected chi connectivity index (χ0v) is 15.9. The summed E-state index contributed by atoms with van der Waals surface area (Å²) in [5.74, 6) is 0.647. The van der Waals surface area contributed by atoms with E-state index in [4.69, 9.17) is 10.7 Å². The van der Waals surface area contributed by atoms with Crippen LogP contribution in [-0.4, -0.2) is 17.7 Å². The van der Waals surface area contributed by atoms with Gasteiger partial charge in [0.1, 0.15) is 0 Å². The van der Waals surface area contributed by atoms with Crippen LogP contribution in [0.3, 0.4) is 0 Å². The Morgan fingerprint density at radius 2 is 2.04 bits per heavy atom. The summed E-state index contributed by atoms with van der Waals surface area (Å²) in [4.78, 5) is 9.38. The predicted molar refractivity (Wildman–Crippen MR) is 110 cm³/mol. The molecule has 3 rings (SSSR count). The Balaban J connectivity index is 1.95. The number of aliphatic imine (C=N–C) groups is 1. The molecular formula is C22H28N4. The quantitative estimate of drug-likeness (QED) is 0.773. The molecule has 1 aromatic heterocycles. The molecule has 0 saturated heterocycles. The van der Waals surface area contributed by atoms with Gasteiger partial charge < -0.3 is 11.1 Å². The van der Waals surface area contributed by atoms with Crippen molar-refractivity contribution in [2.45, 2.75) is 40.3 Å². The van der Waals surface area contributed by atoms with E-state index in [2.05, 4.69) is 48.4 Å². The van der Waals surface area contributed by atoms with Crippen LogP contribution in [0.5, 0.6) is 0 Å². The van der Waals surface area contributed by atoms with E-state index in [-0.39, 0.29) is 0 Å². The Morgan fingerprint density at radius 1 is 1.23 bits per heavy atom. The fraction of sp³-hybridized carbons (Fsp3) is 0.364. The van der Waals surface area contributed by atoms with Gasteiger partial charge in [0.15, 0.2) is 0 Å². The van der Waals surface area contributed by atoms with E-state index in [1.54, 1.807) is 6.20 Å². The summed E-state index contributed by atoms with van der Waals surface area (Å²) in [6.07, 6.45) is 4.59. The summed E-state index contributed by atoms with van der Waals surface area (Å²) in [5, 5.41) is 3.40. The zero-order chi connectivity index (χ0) is 18.5. The standard InChI is InChI=1S/C22H28N4/c1-15(2)8-9-24-14-20(11-23)21-7-4-16(3)26-22(21)17-5-6-18-12-25-13-19(18)10-17/h4-7,10-11,14-15,25H,8-9,12-13,23H2,1-3H3. The van der Waals surface area contributed by atoms with Gasteiger partial charge in [0, 0.05) is 54.4 Å². The summed E-state index contributed by atoms with van der Waals surface area (Å²) >= 11 is 0. The lowest BCUT2D eigenvalue weighted by Crippen LogP contribution is -2.00. The Hall–Kier alpha value is -2.46. The minimum absolute atomic E-state index is 0.647. The van der Waals surface area contributed by atoms with Gasteiger partial charge in [-0.25, -0.2) is 0 Å². The van der Waals surface area contributed by atoms with Crippen molar-refractivity contribution >= 4 is 11.8 Å². The first kappa shape index (κ1) is 18.3. The Labute approximate surface area is 156 Å². The second kappa shape index (κ2) is 8.28. The molecule has 0 amide bonds. The van der Waals surface area contributed by atoms with E-state index in [1.165, 1.54) is 11.1 Å². The lowest BCUT2D eigenvalue weighted by Gasteiger charge is -2.12.